The highest BCUT2D eigenvalue weighted by Crippen LogP contribution is 2.30. The Bertz CT molecular complexity index is 504. The molecule has 6 heteroatoms. The standard InChI is InChI=1S/C16H26N2O3S/c1-7-16(5,6)17-12(20)9-18-13(21)10-22-14(18)8-11(19)15(2,3)4/h8H,7,9-10H2,1-6H3,(H,17,20)/b14-8+. The highest BCUT2D eigenvalue weighted by Gasteiger charge is 2.31. The van der Waals surface area contributed by atoms with Gasteiger partial charge in [-0.1, -0.05) is 39.5 Å². The van der Waals surface area contributed by atoms with Gasteiger partial charge in [0.05, 0.1) is 10.8 Å². The molecule has 1 aliphatic rings. The average molecular weight is 326 g/mol. The van der Waals surface area contributed by atoms with E-state index in [4.69, 9.17) is 0 Å². The van der Waals surface area contributed by atoms with Crippen LogP contribution >= 0.6 is 11.8 Å². The Morgan fingerprint density at radius 1 is 1.27 bits per heavy atom. The smallest absolute Gasteiger partial charge is 0.240 e. The monoisotopic (exact) mass is 326 g/mol. The minimum Gasteiger partial charge on any atom is -0.350 e. The van der Waals surface area contributed by atoms with Crippen molar-refractivity contribution in [2.24, 2.45) is 5.41 Å². The van der Waals surface area contributed by atoms with Gasteiger partial charge in [0.25, 0.3) is 0 Å². The summed E-state index contributed by atoms with van der Waals surface area (Å²) >= 11 is 1.31. The van der Waals surface area contributed by atoms with E-state index in [1.807, 2.05) is 41.5 Å². The van der Waals surface area contributed by atoms with E-state index in [-0.39, 0.29) is 35.4 Å². The van der Waals surface area contributed by atoms with Crippen LogP contribution in [0.25, 0.3) is 0 Å². The Kier molecular flexibility index (Phi) is 5.84. The second-order valence-electron chi connectivity index (χ2n) is 7.15. The topological polar surface area (TPSA) is 66.5 Å². The fourth-order valence-corrected chi connectivity index (χ4v) is 2.62. The van der Waals surface area contributed by atoms with Crippen LogP contribution in [-0.2, 0) is 14.4 Å². The summed E-state index contributed by atoms with van der Waals surface area (Å²) < 4.78 is 0. The maximum absolute atomic E-state index is 12.1. The summed E-state index contributed by atoms with van der Waals surface area (Å²) in [6, 6.07) is 0. The highest BCUT2D eigenvalue weighted by atomic mass is 32.2. The summed E-state index contributed by atoms with van der Waals surface area (Å²) in [4.78, 5) is 37.6. The van der Waals surface area contributed by atoms with E-state index in [9.17, 15) is 14.4 Å². The van der Waals surface area contributed by atoms with Gasteiger partial charge in [-0.2, -0.15) is 0 Å². The maximum atomic E-state index is 12.1. The van der Waals surface area contributed by atoms with Crippen LogP contribution < -0.4 is 5.32 Å². The third-order valence-corrected chi connectivity index (χ3v) is 4.59. The zero-order valence-electron chi connectivity index (χ0n) is 14.3. The molecular weight excluding hydrogens is 300 g/mol. The SMILES string of the molecule is CCC(C)(C)NC(=O)CN1C(=O)CS/C1=C/C(=O)C(C)(C)C. The normalized spacial score (nSPS) is 18.0. The van der Waals surface area contributed by atoms with E-state index in [0.29, 0.717) is 5.03 Å². The van der Waals surface area contributed by atoms with E-state index in [1.165, 1.54) is 22.7 Å². The van der Waals surface area contributed by atoms with Crippen molar-refractivity contribution in [3.8, 4) is 0 Å². The molecule has 22 heavy (non-hydrogen) atoms. The van der Waals surface area contributed by atoms with Crippen molar-refractivity contribution in [3.05, 3.63) is 11.1 Å². The van der Waals surface area contributed by atoms with Crippen LogP contribution in [0.5, 0.6) is 0 Å². The van der Waals surface area contributed by atoms with Gasteiger partial charge < -0.3 is 5.32 Å². The summed E-state index contributed by atoms with van der Waals surface area (Å²) in [6.45, 7) is 11.3. The van der Waals surface area contributed by atoms with Crippen molar-refractivity contribution in [1.29, 1.82) is 0 Å². The van der Waals surface area contributed by atoms with Gasteiger partial charge in [0.15, 0.2) is 5.78 Å². The molecule has 1 rings (SSSR count). The van der Waals surface area contributed by atoms with Gasteiger partial charge in [0.1, 0.15) is 6.54 Å². The van der Waals surface area contributed by atoms with E-state index in [0.717, 1.165) is 6.42 Å². The van der Waals surface area contributed by atoms with Crippen molar-refractivity contribution < 1.29 is 14.4 Å². The molecule has 0 bridgehead atoms. The Balaban J connectivity index is 2.83. The third kappa shape index (κ3) is 5.16. The quantitative estimate of drug-likeness (QED) is 0.788. The zero-order valence-corrected chi connectivity index (χ0v) is 15.1. The number of thioether (sulfide) groups is 1. The molecule has 0 aliphatic carbocycles. The van der Waals surface area contributed by atoms with Crippen molar-refractivity contribution >= 4 is 29.4 Å². The number of allylic oxidation sites excluding steroid dienone is 1. The number of hydrogen-bond donors (Lipinski definition) is 1. The first-order valence-corrected chi connectivity index (χ1v) is 8.45. The largest absolute Gasteiger partial charge is 0.350 e. The summed E-state index contributed by atoms with van der Waals surface area (Å²) in [5, 5.41) is 3.47. The number of nitrogens with zero attached hydrogens (tertiary/aromatic N) is 1. The second kappa shape index (κ2) is 6.86. The third-order valence-electron chi connectivity index (χ3n) is 3.57. The van der Waals surface area contributed by atoms with Gasteiger partial charge in [-0.25, -0.2) is 0 Å². The lowest BCUT2D eigenvalue weighted by Crippen LogP contribution is -2.47. The van der Waals surface area contributed by atoms with Gasteiger partial charge >= 0.3 is 0 Å². The highest BCUT2D eigenvalue weighted by molar-refractivity contribution is 8.04. The minimum atomic E-state index is -0.503. The molecule has 0 aromatic rings. The lowest BCUT2D eigenvalue weighted by Gasteiger charge is -2.26. The van der Waals surface area contributed by atoms with E-state index in [2.05, 4.69) is 5.32 Å². The van der Waals surface area contributed by atoms with Crippen LogP contribution in [-0.4, -0.2) is 40.3 Å². The van der Waals surface area contributed by atoms with Crippen LogP contribution in [0.4, 0.5) is 0 Å². The molecule has 1 aliphatic heterocycles. The summed E-state index contributed by atoms with van der Waals surface area (Å²) in [7, 11) is 0. The lowest BCUT2D eigenvalue weighted by molar-refractivity contribution is -0.132. The first-order chi connectivity index (χ1) is 9.96. The summed E-state index contributed by atoms with van der Waals surface area (Å²) in [5.41, 5.74) is -0.810. The predicted octanol–water partition coefficient (Wildman–Crippen LogP) is 2.32. The van der Waals surface area contributed by atoms with Crippen LogP contribution in [0.2, 0.25) is 0 Å². The molecule has 124 valence electrons. The molecule has 0 aromatic carbocycles. The Morgan fingerprint density at radius 3 is 2.36 bits per heavy atom. The van der Waals surface area contributed by atoms with E-state index >= 15 is 0 Å². The van der Waals surface area contributed by atoms with Gasteiger partial charge in [-0.15, -0.1) is 0 Å². The van der Waals surface area contributed by atoms with Crippen molar-refractivity contribution in [3.63, 3.8) is 0 Å². The van der Waals surface area contributed by atoms with Gasteiger partial charge in [-0.3, -0.25) is 19.3 Å². The zero-order chi connectivity index (χ0) is 17.1. The molecular formula is C16H26N2O3S. The van der Waals surface area contributed by atoms with Crippen molar-refractivity contribution in [1.82, 2.24) is 10.2 Å². The number of hydrogen-bond acceptors (Lipinski definition) is 4. The lowest BCUT2D eigenvalue weighted by atomic mass is 9.91. The number of carbonyl (C=O) groups excluding carboxylic acids is 3. The van der Waals surface area contributed by atoms with Crippen LogP contribution in [0.1, 0.15) is 48.0 Å². The van der Waals surface area contributed by atoms with Gasteiger partial charge in [0, 0.05) is 17.0 Å². The Hall–Kier alpha value is -1.30. The molecule has 1 N–H and O–H groups in total. The van der Waals surface area contributed by atoms with Gasteiger partial charge in [-0.05, 0) is 20.3 Å². The molecule has 0 saturated carbocycles. The molecule has 0 atom stereocenters. The molecule has 1 saturated heterocycles. The van der Waals surface area contributed by atoms with Crippen LogP contribution in [0, 0.1) is 5.41 Å². The van der Waals surface area contributed by atoms with Crippen LogP contribution in [0.15, 0.2) is 11.1 Å². The molecule has 2 amide bonds. The Morgan fingerprint density at radius 2 is 1.86 bits per heavy atom. The molecule has 0 aromatic heterocycles. The van der Waals surface area contributed by atoms with E-state index < -0.39 is 5.41 Å². The second-order valence-corrected chi connectivity index (χ2v) is 8.15. The number of carbonyl (C=O) groups is 3. The molecule has 0 spiro atoms. The Labute approximate surface area is 136 Å². The van der Waals surface area contributed by atoms with Crippen LogP contribution in [0.3, 0.4) is 0 Å². The number of amides is 2. The van der Waals surface area contributed by atoms with Crippen molar-refractivity contribution in [2.45, 2.75) is 53.5 Å². The molecule has 0 radical (unpaired) electrons. The van der Waals surface area contributed by atoms with Gasteiger partial charge in [0.2, 0.25) is 11.8 Å². The first kappa shape index (κ1) is 18.7. The molecule has 1 fully saturated rings. The van der Waals surface area contributed by atoms with Crippen molar-refractivity contribution in [2.75, 3.05) is 12.3 Å². The summed E-state index contributed by atoms with van der Waals surface area (Å²) in [5.74, 6) is -0.128. The average Bonchev–Trinajstić information content (AvgIpc) is 2.69. The summed E-state index contributed by atoms with van der Waals surface area (Å²) in [6.07, 6.45) is 2.28. The predicted molar refractivity (Wildman–Crippen MR) is 89.2 cm³/mol. The maximum Gasteiger partial charge on any atom is 0.240 e. The first-order valence-electron chi connectivity index (χ1n) is 7.46. The fraction of sp³-hybridized carbons (Fsp3) is 0.688. The molecule has 5 nitrogen and oxygen atoms in total. The van der Waals surface area contributed by atoms with E-state index in [1.54, 1.807) is 0 Å². The minimum absolute atomic E-state index is 0.0431. The molecule has 0 unspecified atom stereocenters. The number of rotatable bonds is 5. The number of ketones is 1. The molecule has 1 heterocycles. The number of nitrogens with one attached hydrogen (secondary N) is 1. The fourth-order valence-electron chi connectivity index (χ4n) is 1.68.